The number of phenolic OH excluding ortho intramolecular Hbond substituents is 1. The summed E-state index contributed by atoms with van der Waals surface area (Å²) in [6, 6.07) is 6.48. The van der Waals surface area contributed by atoms with E-state index in [1.54, 1.807) is 16.7 Å². The van der Waals surface area contributed by atoms with E-state index >= 15 is 0 Å². The predicted molar refractivity (Wildman–Crippen MR) is 170 cm³/mol. The standard InChI is InChI=1S/C27H27N9O8S3/c1-27(2,24(42)43)44-34-17(14-8-31-25(30)47-14)20(38)33-18-21(39)36-19(23(40)41)11(9-45-22(18)36)10-46-26-32-15(28)7-16(29)35(26)12-3-5-13(37)6-4-12/h3-8,18,22H,9-10H2,1-2H3,(H9,28,29,30,31,33,34,37,38,40,41,42,43). The van der Waals surface area contributed by atoms with Crippen LogP contribution in [-0.4, -0.2) is 83.1 Å². The van der Waals surface area contributed by atoms with Gasteiger partial charge in [-0.2, -0.15) is 4.57 Å². The van der Waals surface area contributed by atoms with Gasteiger partial charge in [0, 0.05) is 17.7 Å². The minimum Gasteiger partial charge on any atom is -0.543 e. The molecular weight excluding hydrogens is 675 g/mol. The van der Waals surface area contributed by atoms with Crippen LogP contribution in [0.1, 0.15) is 18.7 Å². The lowest BCUT2D eigenvalue weighted by atomic mass is 10.0. The second kappa shape index (κ2) is 13.0. The molecule has 0 spiro atoms. The Hall–Kier alpha value is -5.08. The quantitative estimate of drug-likeness (QED) is 0.0351. The fourth-order valence-electron chi connectivity index (χ4n) is 4.42. The summed E-state index contributed by atoms with van der Waals surface area (Å²) in [5.74, 6) is -3.87. The maximum absolute atomic E-state index is 13.3. The summed E-state index contributed by atoms with van der Waals surface area (Å²) in [6.07, 6.45) is 1.24. The molecule has 2 aliphatic rings. The number of rotatable bonds is 11. The number of anilines is 3. The van der Waals surface area contributed by atoms with Gasteiger partial charge in [0.15, 0.2) is 10.8 Å². The van der Waals surface area contributed by atoms with Crippen molar-refractivity contribution in [3.05, 3.63) is 52.7 Å². The number of fused-ring (bicyclic) bond motifs is 1. The molecule has 2 amide bonds. The van der Waals surface area contributed by atoms with Gasteiger partial charge in [0.25, 0.3) is 11.8 Å². The highest BCUT2D eigenvalue weighted by atomic mass is 32.2. The smallest absolute Gasteiger partial charge is 0.350 e. The van der Waals surface area contributed by atoms with Crippen molar-refractivity contribution < 1.29 is 43.9 Å². The maximum atomic E-state index is 13.3. The summed E-state index contributed by atoms with van der Waals surface area (Å²) in [6.45, 7) is 2.46. The molecule has 1 saturated heterocycles. The number of β-lactam (4-membered cyclic amide) rings is 1. The first kappa shape index (κ1) is 33.3. The molecule has 0 aliphatic carbocycles. The number of nitrogens with zero attached hydrogens (tertiary/aromatic N) is 5. The number of benzene rings is 1. The highest BCUT2D eigenvalue weighted by molar-refractivity contribution is 8.01. The van der Waals surface area contributed by atoms with Crippen LogP contribution < -0.4 is 32.2 Å². The molecule has 17 nitrogen and oxygen atoms in total. The molecule has 20 heteroatoms. The van der Waals surface area contributed by atoms with Crippen LogP contribution in [0.4, 0.5) is 16.8 Å². The number of hydrogen-bond donors (Lipinski definition) is 6. The molecular formula is C27H27N9O8S3. The molecule has 5 rings (SSSR count). The Morgan fingerprint density at radius 2 is 1.96 bits per heavy atom. The number of carboxylic acid groups (broad SMARTS) is 2. The van der Waals surface area contributed by atoms with E-state index in [1.165, 1.54) is 50.0 Å². The van der Waals surface area contributed by atoms with Crippen molar-refractivity contribution in [2.75, 3.05) is 28.7 Å². The number of thiazole rings is 1. The summed E-state index contributed by atoms with van der Waals surface area (Å²) >= 11 is 3.23. The van der Waals surface area contributed by atoms with Crippen molar-refractivity contribution in [1.29, 1.82) is 0 Å². The minimum absolute atomic E-state index is 0.0454. The lowest BCUT2D eigenvalue weighted by molar-refractivity contribution is -0.626. The summed E-state index contributed by atoms with van der Waals surface area (Å²) in [4.78, 5) is 65.0. The lowest BCUT2D eigenvalue weighted by Gasteiger charge is -2.50. The zero-order valence-corrected chi connectivity index (χ0v) is 27.0. The molecule has 1 aromatic carbocycles. The number of nitrogens with one attached hydrogen (secondary N) is 1. The number of amides is 2. The van der Waals surface area contributed by atoms with Gasteiger partial charge in [-0.15, -0.1) is 11.8 Å². The number of aromatic hydroxyl groups is 1. The molecule has 2 aromatic heterocycles. The average Bonchev–Trinajstić information content (AvgIpc) is 3.44. The zero-order valence-electron chi connectivity index (χ0n) is 24.6. The molecule has 1 fully saturated rings. The van der Waals surface area contributed by atoms with Gasteiger partial charge in [-0.25, -0.2) is 9.78 Å². The molecule has 0 bridgehead atoms. The first-order valence-corrected chi connectivity index (χ1v) is 16.3. The Labute approximate surface area is 278 Å². The number of carboxylic acids is 2. The Morgan fingerprint density at radius 3 is 2.57 bits per heavy atom. The van der Waals surface area contributed by atoms with Crippen LogP contribution >= 0.6 is 34.9 Å². The molecule has 9 N–H and O–H groups in total. The number of aliphatic carboxylic acids is 2. The highest BCUT2D eigenvalue weighted by Crippen LogP contribution is 2.41. The number of phenols is 1. The van der Waals surface area contributed by atoms with Crippen LogP contribution in [-0.2, 0) is 24.0 Å². The van der Waals surface area contributed by atoms with Crippen molar-refractivity contribution in [2.45, 2.75) is 36.0 Å². The van der Waals surface area contributed by atoms with Crippen LogP contribution in [0.3, 0.4) is 0 Å². The van der Waals surface area contributed by atoms with Crippen molar-refractivity contribution in [1.82, 2.24) is 20.2 Å². The van der Waals surface area contributed by atoms with Gasteiger partial charge >= 0.3 is 11.1 Å². The third-order valence-corrected chi connectivity index (χ3v) is 10.0. The SMILES string of the molecule is CC(C)(O/N=C(\C(=O)NC1C(=O)N2C(C(=O)[O-])=C(CSc3nc(N)cc(N)[n+]3-c3ccc(O)cc3)CSC12)c1cnc(N)s1)C(=O)O. The minimum atomic E-state index is -1.79. The van der Waals surface area contributed by atoms with Gasteiger partial charge in [0.2, 0.25) is 17.2 Å². The summed E-state index contributed by atoms with van der Waals surface area (Å²) < 4.78 is 1.58. The predicted octanol–water partition coefficient (Wildman–Crippen LogP) is -0.953. The number of carbonyl (C=O) groups excluding carboxylic acids is 3. The van der Waals surface area contributed by atoms with Gasteiger partial charge in [-0.3, -0.25) is 14.5 Å². The highest BCUT2D eigenvalue weighted by Gasteiger charge is 2.53. The number of hydrogen-bond acceptors (Lipinski definition) is 16. The first-order chi connectivity index (χ1) is 22.2. The normalized spacial score (nSPS) is 18.0. The van der Waals surface area contributed by atoms with E-state index in [-0.39, 0.29) is 50.3 Å². The number of thioether (sulfide) groups is 2. The third kappa shape index (κ3) is 6.74. The third-order valence-electron chi connectivity index (χ3n) is 6.83. The summed E-state index contributed by atoms with van der Waals surface area (Å²) in [5.41, 5.74) is 16.3. The second-order valence-corrected chi connectivity index (χ2v) is 13.6. The van der Waals surface area contributed by atoms with Crippen LogP contribution in [0.2, 0.25) is 0 Å². The van der Waals surface area contributed by atoms with E-state index in [2.05, 4.69) is 20.4 Å². The average molecular weight is 702 g/mol. The zero-order chi connectivity index (χ0) is 34.2. The van der Waals surface area contributed by atoms with E-state index in [4.69, 9.17) is 22.0 Å². The van der Waals surface area contributed by atoms with Gasteiger partial charge in [0.1, 0.15) is 22.9 Å². The van der Waals surface area contributed by atoms with Crippen LogP contribution in [0.15, 0.2) is 58.1 Å². The Bertz CT molecular complexity index is 1840. The van der Waals surface area contributed by atoms with Gasteiger partial charge in [0.05, 0.1) is 22.6 Å². The van der Waals surface area contributed by atoms with Gasteiger partial charge < -0.3 is 47.5 Å². The van der Waals surface area contributed by atoms with Crippen LogP contribution in [0.5, 0.6) is 5.75 Å². The molecule has 3 aromatic rings. The van der Waals surface area contributed by atoms with E-state index in [9.17, 15) is 34.5 Å². The maximum Gasteiger partial charge on any atom is 0.350 e. The van der Waals surface area contributed by atoms with Crippen LogP contribution in [0.25, 0.3) is 5.69 Å². The molecule has 2 aliphatic heterocycles. The summed E-state index contributed by atoms with van der Waals surface area (Å²) in [5, 5.41) is 37.3. The molecule has 0 saturated carbocycles. The first-order valence-electron chi connectivity index (χ1n) is 13.5. The van der Waals surface area contributed by atoms with Crippen molar-refractivity contribution in [2.24, 2.45) is 5.16 Å². The molecule has 2 atom stereocenters. The second-order valence-electron chi connectivity index (χ2n) is 10.5. The molecule has 47 heavy (non-hydrogen) atoms. The van der Waals surface area contributed by atoms with Crippen molar-refractivity contribution >= 4 is 81.1 Å². The Morgan fingerprint density at radius 1 is 1.26 bits per heavy atom. The lowest BCUT2D eigenvalue weighted by Crippen LogP contribution is -2.71. The number of nitrogen functional groups attached to an aromatic ring is 3. The molecule has 2 unspecified atom stereocenters. The fourth-order valence-corrected chi connectivity index (χ4v) is 7.61. The van der Waals surface area contributed by atoms with E-state index in [1.807, 2.05) is 0 Å². The largest absolute Gasteiger partial charge is 0.543 e. The number of carbonyl (C=O) groups is 4. The number of oxime groups is 1. The Balaban J connectivity index is 1.36. The topological polar surface area (TPSA) is 276 Å². The molecule has 4 heterocycles. The molecule has 0 radical (unpaired) electrons. The van der Waals surface area contributed by atoms with Crippen molar-refractivity contribution in [3.8, 4) is 11.4 Å². The van der Waals surface area contributed by atoms with Gasteiger partial charge in [-0.1, -0.05) is 21.5 Å². The van der Waals surface area contributed by atoms with Crippen LogP contribution in [0, 0.1) is 0 Å². The molecule has 246 valence electrons. The number of aromatic nitrogens is 3. The number of nitrogens with two attached hydrogens (primary N) is 3. The van der Waals surface area contributed by atoms with Crippen molar-refractivity contribution in [3.63, 3.8) is 0 Å². The Kier molecular flexibility index (Phi) is 9.18. The van der Waals surface area contributed by atoms with E-state index in [0.717, 1.165) is 28.0 Å². The van der Waals surface area contributed by atoms with Gasteiger partial charge in [-0.05, 0) is 55.4 Å². The van der Waals surface area contributed by atoms with E-state index in [0.29, 0.717) is 16.4 Å². The summed E-state index contributed by atoms with van der Waals surface area (Å²) in [7, 11) is 0. The fraction of sp³-hybridized carbons (Fsp3) is 0.259. The monoisotopic (exact) mass is 701 g/mol. The van der Waals surface area contributed by atoms with E-state index < -0.39 is 40.8 Å².